The summed E-state index contributed by atoms with van der Waals surface area (Å²) in [5.41, 5.74) is 5.51. The molecule has 1 fully saturated rings. The fraction of sp³-hybridized carbons (Fsp3) is 0.357. The van der Waals surface area contributed by atoms with E-state index in [4.69, 9.17) is 5.73 Å². The number of hydrogen-bond donors (Lipinski definition) is 2. The topological polar surface area (TPSA) is 111 Å². The van der Waals surface area contributed by atoms with Gasteiger partial charge in [0.2, 0.25) is 5.91 Å². The number of aromatic nitrogens is 2. The Morgan fingerprint density at radius 1 is 1.30 bits per heavy atom. The first kappa shape index (κ1) is 15.2. The number of piperidine rings is 1. The highest BCUT2D eigenvalue weighted by Crippen LogP contribution is 2.28. The molecule has 1 aliphatic rings. The van der Waals surface area contributed by atoms with Crippen molar-refractivity contribution in [1.29, 1.82) is 0 Å². The summed E-state index contributed by atoms with van der Waals surface area (Å²) in [7, 11) is 1.49. The number of fused-ring (bicyclic) bond motifs is 1. The second-order valence-corrected chi connectivity index (χ2v) is 5.43. The van der Waals surface area contributed by atoms with Crippen LogP contribution in [0.15, 0.2) is 16.9 Å². The van der Waals surface area contributed by atoms with Crippen molar-refractivity contribution in [3.8, 4) is 0 Å². The van der Waals surface area contributed by atoms with E-state index < -0.39 is 36.1 Å². The number of benzene rings is 1. The Morgan fingerprint density at radius 2 is 2.00 bits per heavy atom. The Labute approximate surface area is 129 Å². The van der Waals surface area contributed by atoms with Crippen LogP contribution in [0.1, 0.15) is 18.9 Å². The van der Waals surface area contributed by atoms with Gasteiger partial charge in [-0.05, 0) is 12.5 Å². The van der Waals surface area contributed by atoms with Crippen molar-refractivity contribution in [2.24, 2.45) is 7.05 Å². The summed E-state index contributed by atoms with van der Waals surface area (Å²) in [6, 6.07) is 1.45. The molecule has 8 nitrogen and oxygen atoms in total. The van der Waals surface area contributed by atoms with Crippen molar-refractivity contribution < 1.29 is 19.1 Å². The number of carbonyl (C=O) groups excluding carboxylic acids is 2. The number of amides is 2. The molecule has 0 aliphatic carbocycles. The molecule has 1 aromatic heterocycles. The van der Waals surface area contributed by atoms with Crippen molar-refractivity contribution in [2.75, 3.05) is 12.5 Å². The number of rotatable bonds is 2. The van der Waals surface area contributed by atoms with E-state index in [1.165, 1.54) is 17.7 Å². The van der Waals surface area contributed by atoms with E-state index in [1.54, 1.807) is 0 Å². The largest absolute Gasteiger partial charge is 0.396 e. The van der Waals surface area contributed by atoms with Crippen LogP contribution >= 0.6 is 0 Å². The van der Waals surface area contributed by atoms with Crippen molar-refractivity contribution in [2.45, 2.75) is 18.9 Å². The molecule has 23 heavy (non-hydrogen) atoms. The van der Waals surface area contributed by atoms with Gasteiger partial charge in [-0.15, -0.1) is 0 Å². The zero-order valence-electron chi connectivity index (χ0n) is 12.3. The van der Waals surface area contributed by atoms with Gasteiger partial charge in [0, 0.05) is 19.5 Å². The van der Waals surface area contributed by atoms with Gasteiger partial charge >= 0.3 is 5.69 Å². The molecular weight excluding hydrogens is 307 g/mol. The third-order valence-corrected chi connectivity index (χ3v) is 4.14. The van der Waals surface area contributed by atoms with Crippen LogP contribution in [0.4, 0.5) is 10.1 Å². The van der Waals surface area contributed by atoms with Gasteiger partial charge in [-0.3, -0.25) is 23.6 Å². The number of aliphatic hydroxyl groups is 1. The zero-order chi connectivity index (χ0) is 16.9. The number of hydrogen-bond acceptors (Lipinski definition) is 5. The Hall–Kier alpha value is -2.68. The second-order valence-electron chi connectivity index (χ2n) is 5.43. The summed E-state index contributed by atoms with van der Waals surface area (Å²) >= 11 is 0. The van der Waals surface area contributed by atoms with Crippen molar-refractivity contribution >= 4 is 28.5 Å². The summed E-state index contributed by atoms with van der Waals surface area (Å²) in [4.78, 5) is 37.2. The van der Waals surface area contributed by atoms with Crippen LogP contribution in [0.25, 0.3) is 11.0 Å². The highest BCUT2D eigenvalue weighted by Gasteiger charge is 2.37. The highest BCUT2D eigenvalue weighted by atomic mass is 19.1. The molecule has 3 rings (SSSR count). The number of anilines is 1. The number of nitrogen functional groups attached to an aromatic ring is 1. The van der Waals surface area contributed by atoms with Crippen LogP contribution < -0.4 is 11.4 Å². The van der Waals surface area contributed by atoms with Crippen LogP contribution in [-0.4, -0.2) is 37.7 Å². The first-order valence-corrected chi connectivity index (χ1v) is 6.97. The van der Waals surface area contributed by atoms with Gasteiger partial charge in [-0.1, -0.05) is 0 Å². The molecule has 3 N–H and O–H groups in total. The van der Waals surface area contributed by atoms with E-state index in [2.05, 4.69) is 0 Å². The fourth-order valence-corrected chi connectivity index (χ4v) is 2.91. The lowest BCUT2D eigenvalue weighted by molar-refractivity contribution is -0.155. The number of halogens is 1. The summed E-state index contributed by atoms with van der Waals surface area (Å²) < 4.78 is 16.2. The minimum Gasteiger partial charge on any atom is -0.396 e. The summed E-state index contributed by atoms with van der Waals surface area (Å²) in [5, 5.41) is 9.18. The first-order chi connectivity index (χ1) is 10.9. The number of nitrogens with two attached hydrogens (primary N) is 1. The van der Waals surface area contributed by atoms with Crippen LogP contribution in [0.2, 0.25) is 0 Å². The second kappa shape index (κ2) is 5.20. The molecule has 1 atom stereocenters. The van der Waals surface area contributed by atoms with E-state index in [0.29, 0.717) is 10.4 Å². The van der Waals surface area contributed by atoms with Gasteiger partial charge in [0.15, 0.2) is 0 Å². The third kappa shape index (κ3) is 2.12. The molecule has 1 aliphatic heterocycles. The average Bonchev–Trinajstić information content (AvgIpc) is 2.73. The Kier molecular flexibility index (Phi) is 3.44. The number of aliphatic hydroxyl groups excluding tert-OH is 1. The first-order valence-electron chi connectivity index (χ1n) is 6.97. The van der Waals surface area contributed by atoms with Crippen LogP contribution in [0.5, 0.6) is 0 Å². The molecule has 0 spiro atoms. The van der Waals surface area contributed by atoms with Crippen LogP contribution in [0.3, 0.4) is 0 Å². The van der Waals surface area contributed by atoms with Crippen molar-refractivity contribution in [1.82, 2.24) is 14.0 Å². The van der Waals surface area contributed by atoms with Gasteiger partial charge in [0.1, 0.15) is 18.6 Å². The van der Waals surface area contributed by atoms with E-state index in [-0.39, 0.29) is 24.0 Å². The molecule has 0 bridgehead atoms. The maximum Gasteiger partial charge on any atom is 0.329 e. The van der Waals surface area contributed by atoms with Crippen LogP contribution in [0, 0.1) is 5.82 Å². The number of imide groups is 1. The number of likely N-dealkylation sites (tertiary alicyclic amines) is 1. The molecule has 122 valence electrons. The lowest BCUT2D eigenvalue weighted by Gasteiger charge is -2.29. The Balaban J connectivity index is 2.22. The monoisotopic (exact) mass is 322 g/mol. The number of carbonyl (C=O) groups is 2. The molecule has 2 aromatic rings. The van der Waals surface area contributed by atoms with E-state index >= 15 is 0 Å². The van der Waals surface area contributed by atoms with Crippen molar-refractivity contribution in [3.05, 3.63) is 28.4 Å². The Bertz CT molecular complexity index is 885. The van der Waals surface area contributed by atoms with Gasteiger partial charge in [0.25, 0.3) is 5.91 Å². The van der Waals surface area contributed by atoms with Crippen molar-refractivity contribution in [3.63, 3.8) is 0 Å². The SMILES string of the molecule is Cn1c(=O)n(C2CCC(=O)N(CO)C2=O)c2cc(F)c(N)cc21. The van der Waals surface area contributed by atoms with Gasteiger partial charge in [-0.2, -0.15) is 0 Å². The predicted octanol–water partition coefficient (Wildman–Crippen LogP) is -0.299. The average molecular weight is 322 g/mol. The Morgan fingerprint density at radius 3 is 2.65 bits per heavy atom. The van der Waals surface area contributed by atoms with Gasteiger partial charge < -0.3 is 10.8 Å². The maximum absolute atomic E-state index is 13.8. The van der Waals surface area contributed by atoms with E-state index in [9.17, 15) is 23.9 Å². The number of nitrogens with zero attached hydrogens (tertiary/aromatic N) is 3. The summed E-state index contributed by atoms with van der Waals surface area (Å²) in [6.07, 6.45) is 0.121. The molecule has 2 heterocycles. The van der Waals surface area contributed by atoms with Gasteiger partial charge in [0.05, 0.1) is 16.7 Å². The molecule has 0 radical (unpaired) electrons. The maximum atomic E-state index is 13.8. The molecular formula is C14H15FN4O4. The minimum absolute atomic E-state index is 0.0112. The number of imidazole rings is 1. The van der Waals surface area contributed by atoms with E-state index in [1.807, 2.05) is 0 Å². The normalized spacial score (nSPS) is 18.9. The summed E-state index contributed by atoms with van der Waals surface area (Å²) in [6.45, 7) is -0.755. The minimum atomic E-state index is -0.973. The standard InChI is InChI=1S/C14H15FN4O4/c1-17-10-5-8(16)7(15)4-11(10)19(14(17)23)9-2-3-12(21)18(6-20)13(9)22/h4-5,9,20H,2-3,6,16H2,1H3. The summed E-state index contributed by atoms with van der Waals surface area (Å²) in [5.74, 6) is -1.89. The molecule has 1 saturated heterocycles. The molecule has 2 amide bonds. The molecule has 1 aromatic carbocycles. The third-order valence-electron chi connectivity index (χ3n) is 4.14. The highest BCUT2D eigenvalue weighted by molar-refractivity contribution is 6.00. The molecule has 9 heteroatoms. The van der Waals surface area contributed by atoms with E-state index in [0.717, 1.165) is 10.6 Å². The smallest absolute Gasteiger partial charge is 0.329 e. The molecule has 1 unspecified atom stereocenters. The number of aryl methyl sites for hydroxylation is 1. The van der Waals surface area contributed by atoms with Gasteiger partial charge in [-0.25, -0.2) is 9.18 Å². The zero-order valence-corrected chi connectivity index (χ0v) is 12.3. The quantitative estimate of drug-likeness (QED) is 0.583. The lowest BCUT2D eigenvalue weighted by atomic mass is 10.0. The molecule has 0 saturated carbocycles. The lowest BCUT2D eigenvalue weighted by Crippen LogP contribution is -2.48. The predicted molar refractivity (Wildman–Crippen MR) is 78.8 cm³/mol. The van der Waals surface area contributed by atoms with Crippen LogP contribution in [-0.2, 0) is 16.6 Å². The fourth-order valence-electron chi connectivity index (χ4n) is 2.91.